The Morgan fingerprint density at radius 2 is 1.82 bits per heavy atom. The first kappa shape index (κ1) is 22.2. The predicted molar refractivity (Wildman–Crippen MR) is 130 cm³/mol. The quantitative estimate of drug-likeness (QED) is 0.473. The van der Waals surface area contributed by atoms with E-state index in [2.05, 4.69) is 43.4 Å². The van der Waals surface area contributed by atoms with Crippen molar-refractivity contribution in [1.29, 1.82) is 0 Å². The first-order valence-corrected chi connectivity index (χ1v) is 11.5. The minimum atomic E-state index is -0.351. The van der Waals surface area contributed by atoms with Crippen LogP contribution < -0.4 is 10.3 Å². The van der Waals surface area contributed by atoms with Gasteiger partial charge in [-0.15, -0.1) is 5.10 Å². The van der Waals surface area contributed by atoms with Crippen LogP contribution in [-0.4, -0.2) is 75.3 Å². The lowest BCUT2D eigenvalue weighted by Crippen LogP contribution is -2.47. The van der Waals surface area contributed by atoms with Crippen molar-refractivity contribution in [2.45, 2.75) is 19.5 Å². The largest absolute Gasteiger partial charge is 0.497 e. The zero-order valence-electron chi connectivity index (χ0n) is 19.7. The summed E-state index contributed by atoms with van der Waals surface area (Å²) < 4.78 is 7.07. The van der Waals surface area contributed by atoms with Crippen LogP contribution in [0.5, 0.6) is 5.75 Å². The van der Waals surface area contributed by atoms with Crippen LogP contribution in [-0.2, 0) is 6.54 Å². The maximum Gasteiger partial charge on any atom is 0.253 e. The van der Waals surface area contributed by atoms with Crippen molar-refractivity contribution in [2.75, 3.05) is 40.3 Å². The van der Waals surface area contributed by atoms with Gasteiger partial charge in [0, 0.05) is 37.3 Å². The van der Waals surface area contributed by atoms with Crippen LogP contribution in [0.15, 0.2) is 53.3 Å². The highest BCUT2D eigenvalue weighted by Gasteiger charge is 2.32. The molecule has 1 saturated heterocycles. The summed E-state index contributed by atoms with van der Waals surface area (Å²) in [4.78, 5) is 21.0. The summed E-state index contributed by atoms with van der Waals surface area (Å²) in [7, 11) is 3.77. The summed E-state index contributed by atoms with van der Waals surface area (Å²) in [5.41, 5.74) is 3.54. The third-order valence-electron chi connectivity index (χ3n) is 6.52. The number of tetrazole rings is 1. The van der Waals surface area contributed by atoms with Gasteiger partial charge < -0.3 is 14.6 Å². The first-order chi connectivity index (χ1) is 16.5. The number of aryl methyl sites for hydroxylation is 1. The van der Waals surface area contributed by atoms with Gasteiger partial charge in [0.15, 0.2) is 5.82 Å². The molecule has 1 N–H and O–H groups in total. The molecular formula is C25H29N7O2. The molecule has 1 atom stereocenters. The number of likely N-dealkylation sites (N-methyl/N-ethyl adjacent to an activating group) is 1. The molecule has 0 unspecified atom stereocenters. The van der Waals surface area contributed by atoms with E-state index >= 15 is 0 Å². The van der Waals surface area contributed by atoms with E-state index in [4.69, 9.17) is 4.74 Å². The van der Waals surface area contributed by atoms with Gasteiger partial charge in [-0.1, -0.05) is 24.3 Å². The van der Waals surface area contributed by atoms with Crippen LogP contribution >= 0.6 is 0 Å². The minimum absolute atomic E-state index is 0.110. The summed E-state index contributed by atoms with van der Waals surface area (Å²) in [6.07, 6.45) is 0. The predicted octanol–water partition coefficient (Wildman–Crippen LogP) is 2.22. The van der Waals surface area contributed by atoms with Crippen molar-refractivity contribution < 1.29 is 4.74 Å². The van der Waals surface area contributed by atoms with Crippen LogP contribution in [0.25, 0.3) is 10.9 Å². The van der Waals surface area contributed by atoms with Gasteiger partial charge in [-0.05, 0) is 65.2 Å². The van der Waals surface area contributed by atoms with Crippen molar-refractivity contribution in [1.82, 2.24) is 35.0 Å². The fourth-order valence-electron chi connectivity index (χ4n) is 4.54. The molecule has 1 aliphatic rings. The van der Waals surface area contributed by atoms with Crippen molar-refractivity contribution in [2.24, 2.45) is 0 Å². The Labute approximate surface area is 198 Å². The van der Waals surface area contributed by atoms with Gasteiger partial charge in [-0.25, -0.2) is 4.68 Å². The van der Waals surface area contributed by atoms with Crippen LogP contribution in [0, 0.1) is 6.92 Å². The van der Waals surface area contributed by atoms with E-state index in [1.807, 2.05) is 49.4 Å². The molecule has 4 aromatic rings. The van der Waals surface area contributed by atoms with E-state index in [0.717, 1.165) is 54.0 Å². The molecule has 2 aromatic heterocycles. The van der Waals surface area contributed by atoms with Crippen LogP contribution in [0.2, 0.25) is 0 Å². The highest BCUT2D eigenvalue weighted by Crippen LogP contribution is 2.28. The standard InChI is InChI=1S/C25H29N7O2/c1-17-4-7-19-15-21(25(33)26-22(19)14-17)23(31-12-10-30(2)11-13-31)24-27-28-29-32(24)16-18-5-8-20(34-3)9-6-18/h4-9,14-15,23H,10-13,16H2,1-3H3,(H,26,33)/t23-/m0/s1. The van der Waals surface area contributed by atoms with Crippen molar-refractivity contribution in [3.8, 4) is 5.75 Å². The van der Waals surface area contributed by atoms with E-state index in [1.54, 1.807) is 11.8 Å². The lowest BCUT2D eigenvalue weighted by molar-refractivity contribution is 0.121. The average molecular weight is 460 g/mol. The number of hydrogen-bond acceptors (Lipinski definition) is 7. The monoisotopic (exact) mass is 459 g/mol. The minimum Gasteiger partial charge on any atom is -0.497 e. The van der Waals surface area contributed by atoms with Crippen molar-refractivity contribution >= 4 is 10.9 Å². The second-order valence-corrected chi connectivity index (χ2v) is 8.93. The Bertz CT molecular complexity index is 1340. The first-order valence-electron chi connectivity index (χ1n) is 11.5. The Balaban J connectivity index is 1.57. The fourth-order valence-corrected chi connectivity index (χ4v) is 4.54. The molecular weight excluding hydrogens is 430 g/mol. The Morgan fingerprint density at radius 1 is 1.06 bits per heavy atom. The second-order valence-electron chi connectivity index (χ2n) is 8.93. The third kappa shape index (κ3) is 4.44. The molecule has 34 heavy (non-hydrogen) atoms. The van der Waals surface area contributed by atoms with Crippen LogP contribution in [0.4, 0.5) is 0 Å². The van der Waals surface area contributed by atoms with E-state index in [0.29, 0.717) is 17.9 Å². The molecule has 0 bridgehead atoms. The second kappa shape index (κ2) is 9.36. The molecule has 0 aliphatic carbocycles. The molecule has 9 nitrogen and oxygen atoms in total. The number of ether oxygens (including phenoxy) is 1. The number of pyridine rings is 1. The normalized spacial score (nSPS) is 16.1. The summed E-state index contributed by atoms with van der Waals surface area (Å²) >= 11 is 0. The number of fused-ring (bicyclic) bond motifs is 1. The molecule has 0 radical (unpaired) electrons. The molecule has 176 valence electrons. The maximum atomic E-state index is 13.3. The van der Waals surface area contributed by atoms with Crippen molar-refractivity contribution in [3.63, 3.8) is 0 Å². The van der Waals surface area contributed by atoms with Gasteiger partial charge in [0.1, 0.15) is 11.8 Å². The smallest absolute Gasteiger partial charge is 0.253 e. The molecule has 5 rings (SSSR count). The molecule has 1 aliphatic heterocycles. The molecule has 0 saturated carbocycles. The van der Waals surface area contributed by atoms with Crippen molar-refractivity contribution in [3.05, 3.63) is 81.4 Å². The van der Waals surface area contributed by atoms with E-state index in [9.17, 15) is 4.79 Å². The highest BCUT2D eigenvalue weighted by atomic mass is 16.5. The summed E-state index contributed by atoms with van der Waals surface area (Å²) in [6.45, 7) is 6.00. The lowest BCUT2D eigenvalue weighted by Gasteiger charge is -2.37. The van der Waals surface area contributed by atoms with Crippen LogP contribution in [0.3, 0.4) is 0 Å². The Hall–Kier alpha value is -3.56. The number of aromatic amines is 1. The summed E-state index contributed by atoms with van der Waals surface area (Å²) in [5, 5.41) is 13.7. The maximum absolute atomic E-state index is 13.3. The summed E-state index contributed by atoms with van der Waals surface area (Å²) in [5.74, 6) is 1.46. The van der Waals surface area contributed by atoms with Gasteiger partial charge in [0.2, 0.25) is 0 Å². The number of rotatable bonds is 6. The molecule has 3 heterocycles. The molecule has 0 spiro atoms. The number of benzene rings is 2. The van der Waals surface area contributed by atoms with Gasteiger partial charge in [-0.3, -0.25) is 9.69 Å². The number of aromatic nitrogens is 5. The number of methoxy groups -OCH3 is 1. The van der Waals surface area contributed by atoms with Crippen LogP contribution in [0.1, 0.15) is 28.6 Å². The highest BCUT2D eigenvalue weighted by molar-refractivity contribution is 5.79. The van der Waals surface area contributed by atoms with E-state index in [1.165, 1.54) is 0 Å². The van der Waals surface area contributed by atoms with Gasteiger partial charge in [0.05, 0.1) is 13.7 Å². The van der Waals surface area contributed by atoms with E-state index in [-0.39, 0.29) is 11.6 Å². The zero-order valence-corrected chi connectivity index (χ0v) is 19.7. The zero-order chi connectivity index (χ0) is 23.7. The average Bonchev–Trinajstić information content (AvgIpc) is 3.29. The number of nitrogens with zero attached hydrogens (tertiary/aromatic N) is 6. The SMILES string of the molecule is COc1ccc(Cn2nnnc2[C@H](c2cc3ccc(C)cc3[nH]c2=O)N2CCN(C)CC2)cc1. The number of H-pyrrole nitrogens is 1. The molecule has 2 aromatic carbocycles. The topological polar surface area (TPSA) is 92.2 Å². The van der Waals surface area contributed by atoms with E-state index < -0.39 is 0 Å². The molecule has 1 fully saturated rings. The number of nitrogens with one attached hydrogen (secondary N) is 1. The third-order valence-corrected chi connectivity index (χ3v) is 6.52. The van der Waals surface area contributed by atoms with Gasteiger partial charge >= 0.3 is 0 Å². The molecule has 0 amide bonds. The lowest BCUT2D eigenvalue weighted by atomic mass is 10.0. The fraction of sp³-hybridized carbons (Fsp3) is 0.360. The number of piperazine rings is 1. The Morgan fingerprint density at radius 3 is 2.56 bits per heavy atom. The number of hydrogen-bond donors (Lipinski definition) is 1. The van der Waals surface area contributed by atoms with Gasteiger partial charge in [-0.2, -0.15) is 0 Å². The summed E-state index contributed by atoms with van der Waals surface area (Å²) in [6, 6.07) is 15.6. The van der Waals surface area contributed by atoms with Gasteiger partial charge in [0.25, 0.3) is 5.56 Å². The Kier molecular flexibility index (Phi) is 6.12. The molecule has 9 heteroatoms.